The van der Waals surface area contributed by atoms with Crippen LogP contribution in [0.2, 0.25) is 5.04 Å². The zero-order valence-corrected chi connectivity index (χ0v) is 20.6. The van der Waals surface area contributed by atoms with Crippen molar-refractivity contribution in [2.24, 2.45) is 5.92 Å². The van der Waals surface area contributed by atoms with E-state index < -0.39 is 20.4 Å². The van der Waals surface area contributed by atoms with Gasteiger partial charge in [-0.05, 0) is 29.3 Å². The Balaban J connectivity index is 1.68. The van der Waals surface area contributed by atoms with E-state index in [4.69, 9.17) is 18.6 Å². The van der Waals surface area contributed by atoms with Gasteiger partial charge in [0.25, 0.3) is 8.32 Å². The lowest BCUT2D eigenvalue weighted by atomic mass is 9.96. The van der Waals surface area contributed by atoms with Crippen molar-refractivity contribution < 1.29 is 18.6 Å². The quantitative estimate of drug-likeness (QED) is 0.622. The van der Waals surface area contributed by atoms with E-state index in [1.54, 1.807) is 0 Å². The first-order valence-corrected chi connectivity index (χ1v) is 13.2. The number of fused-ring (bicyclic) bond motifs is 1. The van der Waals surface area contributed by atoms with E-state index in [2.05, 4.69) is 75.4 Å². The van der Waals surface area contributed by atoms with Gasteiger partial charge in [-0.3, -0.25) is 0 Å². The van der Waals surface area contributed by atoms with E-state index in [1.807, 2.05) is 26.0 Å². The van der Waals surface area contributed by atoms with Gasteiger partial charge in [0.2, 0.25) is 0 Å². The van der Waals surface area contributed by atoms with Crippen molar-refractivity contribution in [1.82, 2.24) is 0 Å². The summed E-state index contributed by atoms with van der Waals surface area (Å²) >= 11 is 0. The first kappa shape index (κ1) is 23.2. The van der Waals surface area contributed by atoms with Gasteiger partial charge in [-0.25, -0.2) is 0 Å². The fraction of sp³-hybridized carbons (Fsp3) is 0.500. The molecule has 0 N–H and O–H groups in total. The fourth-order valence-corrected chi connectivity index (χ4v) is 9.69. The molecule has 2 saturated heterocycles. The van der Waals surface area contributed by atoms with Gasteiger partial charge >= 0.3 is 0 Å². The summed E-state index contributed by atoms with van der Waals surface area (Å²) in [6, 6.07) is 23.4. The molecule has 170 valence electrons. The molecular weight excluding hydrogens is 418 g/mol. The molecule has 0 aliphatic carbocycles. The topological polar surface area (TPSA) is 60.7 Å². The van der Waals surface area contributed by atoms with Crippen molar-refractivity contribution >= 4 is 18.7 Å². The van der Waals surface area contributed by atoms with Crippen molar-refractivity contribution in [1.29, 1.82) is 5.26 Å². The molecule has 0 unspecified atom stereocenters. The van der Waals surface area contributed by atoms with Gasteiger partial charge in [-0.1, -0.05) is 81.4 Å². The molecule has 32 heavy (non-hydrogen) atoms. The van der Waals surface area contributed by atoms with Crippen LogP contribution in [0.3, 0.4) is 0 Å². The van der Waals surface area contributed by atoms with Crippen LogP contribution in [0.5, 0.6) is 0 Å². The summed E-state index contributed by atoms with van der Waals surface area (Å²) in [6.07, 6.45) is -0.633. The molecule has 2 heterocycles. The average Bonchev–Trinajstić information content (AvgIpc) is 3.21. The molecule has 5 nitrogen and oxygen atoms in total. The van der Waals surface area contributed by atoms with E-state index in [1.165, 1.54) is 10.4 Å². The number of benzene rings is 2. The number of nitrogens with zero attached hydrogens (tertiary/aromatic N) is 1. The molecule has 2 fully saturated rings. The predicted molar refractivity (Wildman–Crippen MR) is 126 cm³/mol. The number of ether oxygens (including phenoxy) is 3. The summed E-state index contributed by atoms with van der Waals surface area (Å²) in [6.45, 7) is 10.9. The summed E-state index contributed by atoms with van der Waals surface area (Å²) in [4.78, 5) is 0. The van der Waals surface area contributed by atoms with E-state index in [0.717, 1.165) is 0 Å². The van der Waals surface area contributed by atoms with Crippen LogP contribution in [-0.2, 0) is 18.6 Å². The SMILES string of the molecule is CC1(C)O[C@H]2O[C@H](CO[Si](c3ccccc3)(c3ccccc3)C(C)(C)C)[C@@H](CC#N)[C@H]2O1. The standard InChI is InChI=1S/C26H33NO4Si/c1-25(2,3)32(19-12-8-6-9-13-19,20-14-10-7-11-15-20)28-18-22-21(16-17-27)23-24(29-22)31-26(4,5)30-23/h6-15,21-24H,16,18H2,1-5H3/t21-,22-,23-,24-/m1/s1. The molecule has 0 radical (unpaired) electrons. The number of nitriles is 1. The first-order chi connectivity index (χ1) is 15.2. The highest BCUT2D eigenvalue weighted by molar-refractivity contribution is 6.99. The summed E-state index contributed by atoms with van der Waals surface area (Å²) in [5, 5.41) is 11.8. The third-order valence-electron chi connectivity index (χ3n) is 6.50. The maximum atomic E-state index is 9.47. The molecule has 2 aromatic rings. The lowest BCUT2D eigenvalue weighted by Crippen LogP contribution is -2.67. The highest BCUT2D eigenvalue weighted by atomic mass is 28.4. The Kier molecular flexibility index (Phi) is 6.32. The monoisotopic (exact) mass is 451 g/mol. The fourth-order valence-electron chi connectivity index (χ4n) is 5.12. The zero-order chi connectivity index (χ0) is 23.0. The van der Waals surface area contributed by atoms with Crippen molar-refractivity contribution in [2.45, 2.75) is 70.4 Å². The minimum Gasteiger partial charge on any atom is -0.405 e. The van der Waals surface area contributed by atoms with Crippen LogP contribution < -0.4 is 10.4 Å². The number of hydrogen-bond donors (Lipinski definition) is 0. The normalized spacial score (nSPS) is 27.1. The Morgan fingerprint density at radius 3 is 2.03 bits per heavy atom. The van der Waals surface area contributed by atoms with Gasteiger partial charge in [0.15, 0.2) is 12.1 Å². The van der Waals surface area contributed by atoms with Gasteiger partial charge in [0.05, 0.1) is 18.8 Å². The molecule has 2 aliphatic heterocycles. The maximum Gasteiger partial charge on any atom is 0.261 e. The third kappa shape index (κ3) is 4.16. The van der Waals surface area contributed by atoms with Crippen LogP contribution in [0.25, 0.3) is 0 Å². The van der Waals surface area contributed by atoms with Crippen molar-refractivity contribution in [3.8, 4) is 6.07 Å². The van der Waals surface area contributed by atoms with Crippen LogP contribution in [-0.4, -0.2) is 39.2 Å². The van der Waals surface area contributed by atoms with Gasteiger partial charge in [0, 0.05) is 12.3 Å². The molecule has 0 spiro atoms. The molecule has 4 atom stereocenters. The largest absolute Gasteiger partial charge is 0.405 e. The smallest absolute Gasteiger partial charge is 0.261 e. The minimum absolute atomic E-state index is 0.0926. The van der Waals surface area contributed by atoms with Gasteiger partial charge in [-0.15, -0.1) is 0 Å². The Hall–Kier alpha value is -2.01. The van der Waals surface area contributed by atoms with Gasteiger partial charge in [0.1, 0.15) is 6.10 Å². The summed E-state index contributed by atoms with van der Waals surface area (Å²) in [5.41, 5.74) is 0. The van der Waals surface area contributed by atoms with Gasteiger partial charge < -0.3 is 18.6 Å². The molecule has 0 saturated carbocycles. The van der Waals surface area contributed by atoms with E-state index in [9.17, 15) is 5.26 Å². The Bertz CT molecular complexity index is 912. The molecule has 6 heteroatoms. The van der Waals surface area contributed by atoms with E-state index in [0.29, 0.717) is 13.0 Å². The minimum atomic E-state index is -2.68. The highest BCUT2D eigenvalue weighted by Gasteiger charge is 2.56. The third-order valence-corrected chi connectivity index (χ3v) is 11.5. The summed E-state index contributed by atoms with van der Waals surface area (Å²) < 4.78 is 25.3. The Morgan fingerprint density at radius 2 is 1.53 bits per heavy atom. The predicted octanol–water partition coefficient (Wildman–Crippen LogP) is 3.97. The molecule has 2 aromatic carbocycles. The van der Waals surface area contributed by atoms with Crippen molar-refractivity contribution in [3.05, 3.63) is 60.7 Å². The van der Waals surface area contributed by atoms with E-state index >= 15 is 0 Å². The molecule has 0 bridgehead atoms. The molecule has 0 aromatic heterocycles. The van der Waals surface area contributed by atoms with Crippen LogP contribution in [0, 0.1) is 17.2 Å². The second-order valence-corrected chi connectivity index (χ2v) is 14.4. The zero-order valence-electron chi connectivity index (χ0n) is 19.6. The second kappa shape index (κ2) is 8.73. The average molecular weight is 452 g/mol. The van der Waals surface area contributed by atoms with E-state index in [-0.39, 0.29) is 23.2 Å². The molecule has 2 aliphatic rings. The molecule has 4 rings (SSSR count). The maximum absolute atomic E-state index is 9.47. The number of hydrogen-bond acceptors (Lipinski definition) is 5. The number of rotatable bonds is 6. The van der Waals surface area contributed by atoms with Crippen LogP contribution in [0.4, 0.5) is 0 Å². The van der Waals surface area contributed by atoms with Crippen LogP contribution in [0.15, 0.2) is 60.7 Å². The Labute approximate surface area is 192 Å². The summed E-state index contributed by atoms with van der Waals surface area (Å²) in [5.74, 6) is -0.794. The second-order valence-electron chi connectivity index (χ2n) is 10.1. The molecular formula is C26H33NO4Si. The van der Waals surface area contributed by atoms with Crippen LogP contribution >= 0.6 is 0 Å². The Morgan fingerprint density at radius 1 is 0.969 bits per heavy atom. The first-order valence-electron chi connectivity index (χ1n) is 11.3. The van der Waals surface area contributed by atoms with Crippen molar-refractivity contribution in [3.63, 3.8) is 0 Å². The lowest BCUT2D eigenvalue weighted by molar-refractivity contribution is -0.212. The van der Waals surface area contributed by atoms with Crippen LogP contribution in [0.1, 0.15) is 41.0 Å². The van der Waals surface area contributed by atoms with Gasteiger partial charge in [-0.2, -0.15) is 5.26 Å². The lowest BCUT2D eigenvalue weighted by Gasteiger charge is -2.43. The highest BCUT2D eigenvalue weighted by Crippen LogP contribution is 2.43. The molecule has 0 amide bonds. The summed E-state index contributed by atoms with van der Waals surface area (Å²) in [7, 11) is -2.68. The van der Waals surface area contributed by atoms with Crippen molar-refractivity contribution in [2.75, 3.05) is 6.61 Å².